The molecule has 15 heavy (non-hydrogen) atoms. The van der Waals surface area contributed by atoms with Crippen molar-refractivity contribution >= 4 is 28.4 Å². The van der Waals surface area contributed by atoms with Crippen LogP contribution in [0.15, 0.2) is 30.5 Å². The molecular weight excluding hydrogens is 208 g/mol. The van der Waals surface area contributed by atoms with Crippen molar-refractivity contribution in [3.8, 4) is 11.3 Å². The predicted octanol–water partition coefficient (Wildman–Crippen LogP) is 2.27. The Kier molecular flexibility index (Phi) is 1.72. The fourth-order valence-corrected chi connectivity index (χ4v) is 2.14. The normalized spacial score (nSPS) is 10.9. The molecule has 3 N–H and O–H groups in total. The standard InChI is InChI=1S/C10H8N4S/c11-10-9(13-15-14-10)7-5-12-8-4-2-1-3-6(7)8/h1-5,12H,(H2,11,14). The van der Waals surface area contributed by atoms with Crippen molar-refractivity contribution in [2.24, 2.45) is 0 Å². The Labute approximate surface area is 90.1 Å². The summed E-state index contributed by atoms with van der Waals surface area (Å²) in [7, 11) is 0. The number of aromatic nitrogens is 3. The topological polar surface area (TPSA) is 67.6 Å². The van der Waals surface area contributed by atoms with Crippen molar-refractivity contribution in [3.63, 3.8) is 0 Å². The van der Waals surface area contributed by atoms with Crippen LogP contribution in [0.5, 0.6) is 0 Å². The molecule has 0 bridgehead atoms. The van der Waals surface area contributed by atoms with Crippen LogP contribution in [0.1, 0.15) is 0 Å². The lowest BCUT2D eigenvalue weighted by Gasteiger charge is -1.94. The SMILES string of the molecule is Nc1nsnc1-c1c[nH]c2ccccc12. The third-order valence-electron chi connectivity index (χ3n) is 2.36. The van der Waals surface area contributed by atoms with Crippen LogP contribution in [0.4, 0.5) is 5.82 Å². The summed E-state index contributed by atoms with van der Waals surface area (Å²) in [6, 6.07) is 8.05. The number of H-pyrrole nitrogens is 1. The van der Waals surface area contributed by atoms with E-state index in [4.69, 9.17) is 5.73 Å². The lowest BCUT2D eigenvalue weighted by atomic mass is 10.1. The highest BCUT2D eigenvalue weighted by atomic mass is 32.1. The molecule has 0 fully saturated rings. The Balaban J connectivity index is 2.32. The van der Waals surface area contributed by atoms with E-state index in [0.29, 0.717) is 5.82 Å². The van der Waals surface area contributed by atoms with E-state index < -0.39 is 0 Å². The molecule has 0 saturated carbocycles. The van der Waals surface area contributed by atoms with E-state index in [1.54, 1.807) is 0 Å². The molecular formula is C10H8N4S. The Morgan fingerprint density at radius 3 is 2.87 bits per heavy atom. The highest BCUT2D eigenvalue weighted by Crippen LogP contribution is 2.30. The molecule has 0 aliphatic rings. The van der Waals surface area contributed by atoms with E-state index >= 15 is 0 Å². The molecule has 0 saturated heterocycles. The van der Waals surface area contributed by atoms with Crippen molar-refractivity contribution in [2.45, 2.75) is 0 Å². The van der Waals surface area contributed by atoms with Crippen LogP contribution in [0.25, 0.3) is 22.2 Å². The van der Waals surface area contributed by atoms with Gasteiger partial charge in [0.1, 0.15) is 5.69 Å². The Bertz CT molecular complexity index is 610. The number of para-hydroxylation sites is 1. The van der Waals surface area contributed by atoms with Gasteiger partial charge in [0.25, 0.3) is 0 Å². The van der Waals surface area contributed by atoms with Gasteiger partial charge in [0.2, 0.25) is 0 Å². The van der Waals surface area contributed by atoms with Crippen LogP contribution < -0.4 is 5.73 Å². The van der Waals surface area contributed by atoms with Crippen LogP contribution in [-0.4, -0.2) is 13.7 Å². The molecule has 0 spiro atoms. The van der Waals surface area contributed by atoms with Gasteiger partial charge in [-0.25, -0.2) is 0 Å². The van der Waals surface area contributed by atoms with E-state index in [2.05, 4.69) is 13.7 Å². The van der Waals surface area contributed by atoms with Gasteiger partial charge in [-0.05, 0) is 6.07 Å². The highest BCUT2D eigenvalue weighted by molar-refractivity contribution is 6.99. The fraction of sp³-hybridized carbons (Fsp3) is 0. The highest BCUT2D eigenvalue weighted by Gasteiger charge is 2.11. The van der Waals surface area contributed by atoms with E-state index in [9.17, 15) is 0 Å². The van der Waals surface area contributed by atoms with Crippen LogP contribution in [0.2, 0.25) is 0 Å². The first-order valence-corrected chi connectivity index (χ1v) is 5.24. The summed E-state index contributed by atoms with van der Waals surface area (Å²) in [5.41, 5.74) is 8.60. The maximum absolute atomic E-state index is 5.75. The molecule has 2 heterocycles. The van der Waals surface area contributed by atoms with Crippen LogP contribution in [0.3, 0.4) is 0 Å². The number of nitrogens with two attached hydrogens (primary N) is 1. The second-order valence-corrected chi connectivity index (χ2v) is 3.77. The van der Waals surface area contributed by atoms with Gasteiger partial charge in [-0.1, -0.05) is 18.2 Å². The van der Waals surface area contributed by atoms with Gasteiger partial charge in [-0.2, -0.15) is 8.75 Å². The van der Waals surface area contributed by atoms with Crippen LogP contribution in [0, 0.1) is 0 Å². The molecule has 0 radical (unpaired) electrons. The summed E-state index contributed by atoms with van der Waals surface area (Å²) < 4.78 is 8.17. The monoisotopic (exact) mass is 216 g/mol. The lowest BCUT2D eigenvalue weighted by molar-refractivity contribution is 1.45. The summed E-state index contributed by atoms with van der Waals surface area (Å²) >= 11 is 1.13. The number of aromatic amines is 1. The lowest BCUT2D eigenvalue weighted by Crippen LogP contribution is -1.87. The van der Waals surface area contributed by atoms with Crippen LogP contribution in [-0.2, 0) is 0 Å². The summed E-state index contributed by atoms with van der Waals surface area (Å²) in [6.07, 6.45) is 1.91. The number of benzene rings is 1. The van der Waals surface area contributed by atoms with Gasteiger partial charge in [-0.15, -0.1) is 0 Å². The zero-order valence-electron chi connectivity index (χ0n) is 7.77. The smallest absolute Gasteiger partial charge is 0.165 e. The first kappa shape index (κ1) is 8.43. The minimum absolute atomic E-state index is 0.491. The maximum Gasteiger partial charge on any atom is 0.165 e. The molecule has 0 atom stereocenters. The number of nitrogens with zero attached hydrogens (tertiary/aromatic N) is 2. The second-order valence-electron chi connectivity index (χ2n) is 3.25. The largest absolute Gasteiger partial charge is 0.381 e. The van der Waals surface area contributed by atoms with Gasteiger partial charge >= 0.3 is 0 Å². The molecule has 3 aromatic rings. The minimum atomic E-state index is 0.491. The average molecular weight is 216 g/mol. The molecule has 1 aromatic carbocycles. The molecule has 4 nitrogen and oxygen atoms in total. The number of fused-ring (bicyclic) bond motifs is 1. The minimum Gasteiger partial charge on any atom is -0.381 e. The number of nitrogens with one attached hydrogen (secondary N) is 1. The maximum atomic E-state index is 5.75. The quantitative estimate of drug-likeness (QED) is 0.655. The zero-order valence-corrected chi connectivity index (χ0v) is 8.58. The molecule has 2 aromatic heterocycles. The van der Waals surface area contributed by atoms with E-state index in [1.165, 1.54) is 0 Å². The fourth-order valence-electron chi connectivity index (χ4n) is 1.65. The van der Waals surface area contributed by atoms with Crippen molar-refractivity contribution in [3.05, 3.63) is 30.5 Å². The van der Waals surface area contributed by atoms with Gasteiger partial charge in [-0.3, -0.25) is 0 Å². The molecule has 0 aliphatic carbocycles. The van der Waals surface area contributed by atoms with Gasteiger partial charge < -0.3 is 10.7 Å². The third-order valence-corrected chi connectivity index (χ3v) is 2.90. The molecule has 0 aliphatic heterocycles. The van der Waals surface area contributed by atoms with Crippen molar-refractivity contribution in [1.29, 1.82) is 0 Å². The number of hydrogen-bond donors (Lipinski definition) is 2. The predicted molar refractivity (Wildman–Crippen MR) is 61.6 cm³/mol. The molecule has 3 rings (SSSR count). The number of hydrogen-bond acceptors (Lipinski definition) is 4. The van der Waals surface area contributed by atoms with Gasteiger partial charge in [0, 0.05) is 22.7 Å². The zero-order chi connectivity index (χ0) is 10.3. The molecule has 5 heteroatoms. The van der Waals surface area contributed by atoms with E-state index in [-0.39, 0.29) is 0 Å². The van der Waals surface area contributed by atoms with E-state index in [0.717, 1.165) is 33.9 Å². The Hall–Kier alpha value is -1.88. The average Bonchev–Trinajstić information content (AvgIpc) is 2.83. The Morgan fingerprint density at radius 1 is 1.20 bits per heavy atom. The third kappa shape index (κ3) is 1.20. The van der Waals surface area contributed by atoms with Crippen molar-refractivity contribution in [1.82, 2.24) is 13.7 Å². The first-order valence-electron chi connectivity index (χ1n) is 4.51. The number of rotatable bonds is 1. The number of nitrogen functional groups attached to an aromatic ring is 1. The van der Waals surface area contributed by atoms with E-state index in [1.807, 2.05) is 30.5 Å². The first-order chi connectivity index (χ1) is 7.36. The summed E-state index contributed by atoms with van der Waals surface area (Å²) in [5.74, 6) is 0.491. The second kappa shape index (κ2) is 3.06. The molecule has 74 valence electrons. The molecule has 0 amide bonds. The van der Waals surface area contributed by atoms with Gasteiger partial charge in [0.15, 0.2) is 5.82 Å². The summed E-state index contributed by atoms with van der Waals surface area (Å²) in [6.45, 7) is 0. The Morgan fingerprint density at radius 2 is 2.07 bits per heavy atom. The van der Waals surface area contributed by atoms with Crippen molar-refractivity contribution in [2.75, 3.05) is 5.73 Å². The van der Waals surface area contributed by atoms with Gasteiger partial charge in [0.05, 0.1) is 11.7 Å². The van der Waals surface area contributed by atoms with Crippen molar-refractivity contribution < 1.29 is 0 Å². The molecule has 0 unspecified atom stereocenters. The summed E-state index contributed by atoms with van der Waals surface area (Å²) in [5, 5.41) is 1.12. The summed E-state index contributed by atoms with van der Waals surface area (Å²) in [4.78, 5) is 3.18. The van der Waals surface area contributed by atoms with Crippen LogP contribution >= 0.6 is 11.7 Å². The number of anilines is 1.